The van der Waals surface area contributed by atoms with E-state index >= 15 is 0 Å². The number of hydrogen-bond acceptors (Lipinski definition) is 6. The quantitative estimate of drug-likeness (QED) is 0.489. The Balaban J connectivity index is 1.53. The van der Waals surface area contributed by atoms with E-state index in [0.29, 0.717) is 18.7 Å². The molecule has 2 aromatic heterocycles. The van der Waals surface area contributed by atoms with Crippen molar-refractivity contribution < 1.29 is 4.79 Å². The molecule has 28 heavy (non-hydrogen) atoms. The molecular formula is C20H24N6OS. The second-order valence-corrected chi connectivity index (χ2v) is 7.92. The Morgan fingerprint density at radius 3 is 2.71 bits per heavy atom. The van der Waals surface area contributed by atoms with E-state index in [4.69, 9.17) is 9.97 Å². The molecule has 1 saturated heterocycles. The van der Waals surface area contributed by atoms with Gasteiger partial charge in [0, 0.05) is 25.2 Å². The van der Waals surface area contributed by atoms with Crippen LogP contribution in [0.15, 0.2) is 41.7 Å². The molecular weight excluding hydrogens is 372 g/mol. The lowest BCUT2D eigenvalue weighted by molar-refractivity contribution is 0.0952. The average molecular weight is 397 g/mol. The number of nitrogens with zero attached hydrogens (tertiary/aromatic N) is 5. The Hall–Kier alpha value is -2.61. The molecule has 1 N–H and O–H groups in total. The van der Waals surface area contributed by atoms with Gasteiger partial charge in [-0.1, -0.05) is 36.9 Å². The Morgan fingerprint density at radius 1 is 1.18 bits per heavy atom. The van der Waals surface area contributed by atoms with E-state index in [1.807, 2.05) is 41.2 Å². The van der Waals surface area contributed by atoms with Crippen molar-refractivity contribution in [3.8, 4) is 0 Å². The van der Waals surface area contributed by atoms with E-state index in [0.717, 1.165) is 40.9 Å². The first-order chi connectivity index (χ1) is 13.8. The maximum atomic E-state index is 12.2. The summed E-state index contributed by atoms with van der Waals surface area (Å²) >= 11 is 1.64. The van der Waals surface area contributed by atoms with Crippen LogP contribution in [0, 0.1) is 0 Å². The summed E-state index contributed by atoms with van der Waals surface area (Å²) in [5.41, 5.74) is 1.50. The van der Waals surface area contributed by atoms with Crippen LogP contribution in [0.5, 0.6) is 0 Å². The minimum Gasteiger partial charge on any atom is -0.356 e. The number of amides is 1. The molecule has 0 radical (unpaired) electrons. The number of hydrogen-bond donors (Lipinski definition) is 1. The van der Waals surface area contributed by atoms with E-state index in [9.17, 15) is 4.79 Å². The van der Waals surface area contributed by atoms with Crippen molar-refractivity contribution in [3.05, 3.63) is 42.1 Å². The summed E-state index contributed by atoms with van der Waals surface area (Å²) < 4.78 is 1.86. The highest BCUT2D eigenvalue weighted by Gasteiger charge is 2.20. The van der Waals surface area contributed by atoms with Gasteiger partial charge < -0.3 is 10.2 Å². The number of aromatic nitrogens is 4. The summed E-state index contributed by atoms with van der Waals surface area (Å²) in [6.07, 6.45) is 4.24. The zero-order chi connectivity index (χ0) is 19.3. The maximum absolute atomic E-state index is 12.2. The van der Waals surface area contributed by atoms with Crippen LogP contribution in [0.25, 0.3) is 11.0 Å². The highest BCUT2D eigenvalue weighted by molar-refractivity contribution is 7.99. The van der Waals surface area contributed by atoms with Crippen LogP contribution in [0.3, 0.4) is 0 Å². The van der Waals surface area contributed by atoms with Crippen molar-refractivity contribution in [3.63, 3.8) is 0 Å². The van der Waals surface area contributed by atoms with Crippen molar-refractivity contribution in [2.45, 2.75) is 31.5 Å². The molecule has 0 saturated carbocycles. The van der Waals surface area contributed by atoms with Crippen LogP contribution >= 0.6 is 11.8 Å². The van der Waals surface area contributed by atoms with Crippen LogP contribution in [-0.4, -0.2) is 51.0 Å². The normalized spacial score (nSPS) is 14.0. The predicted octanol–water partition coefficient (Wildman–Crippen LogP) is 2.97. The van der Waals surface area contributed by atoms with E-state index in [1.165, 1.54) is 12.8 Å². The van der Waals surface area contributed by atoms with Gasteiger partial charge in [-0.3, -0.25) is 4.79 Å². The average Bonchev–Trinajstić information content (AvgIpc) is 3.39. The smallest absolute Gasteiger partial charge is 0.251 e. The molecule has 0 aliphatic carbocycles. The zero-order valence-corrected chi connectivity index (χ0v) is 16.8. The molecule has 7 nitrogen and oxygen atoms in total. The first-order valence-electron chi connectivity index (χ1n) is 9.71. The third-order valence-electron chi connectivity index (χ3n) is 4.78. The third-order valence-corrected chi connectivity index (χ3v) is 5.51. The van der Waals surface area contributed by atoms with Crippen molar-refractivity contribution in [1.29, 1.82) is 0 Å². The van der Waals surface area contributed by atoms with Crippen LogP contribution in [-0.2, 0) is 6.54 Å². The standard InChI is InChI=1S/C20H24N6OS/c1-2-28-20-23-17(25-11-6-7-12-25)16-14-22-26(18(16)24-20)13-10-21-19(27)15-8-4-3-5-9-15/h3-5,8-9,14H,2,6-7,10-13H2,1H3,(H,21,27). The second kappa shape index (κ2) is 8.60. The van der Waals surface area contributed by atoms with Gasteiger partial charge in [-0.25, -0.2) is 14.6 Å². The number of rotatable bonds is 7. The summed E-state index contributed by atoms with van der Waals surface area (Å²) in [7, 11) is 0. The second-order valence-electron chi connectivity index (χ2n) is 6.68. The Bertz CT molecular complexity index is 952. The Morgan fingerprint density at radius 2 is 1.96 bits per heavy atom. The largest absolute Gasteiger partial charge is 0.356 e. The van der Waals surface area contributed by atoms with Gasteiger partial charge in [0.1, 0.15) is 5.82 Å². The van der Waals surface area contributed by atoms with Crippen LogP contribution in [0.2, 0.25) is 0 Å². The topological polar surface area (TPSA) is 75.9 Å². The first kappa shape index (κ1) is 18.7. The fourth-order valence-electron chi connectivity index (χ4n) is 3.42. The highest BCUT2D eigenvalue weighted by atomic mass is 32.2. The zero-order valence-electron chi connectivity index (χ0n) is 16.0. The molecule has 8 heteroatoms. The van der Waals surface area contributed by atoms with Crippen molar-refractivity contribution in [2.24, 2.45) is 0 Å². The molecule has 146 valence electrons. The summed E-state index contributed by atoms with van der Waals surface area (Å²) in [5.74, 6) is 1.83. The molecule has 4 rings (SSSR count). The summed E-state index contributed by atoms with van der Waals surface area (Å²) in [6.45, 7) is 5.21. The molecule has 1 aliphatic rings. The number of carbonyl (C=O) groups is 1. The van der Waals surface area contributed by atoms with Crippen molar-refractivity contribution in [1.82, 2.24) is 25.1 Å². The number of anilines is 1. The molecule has 1 aliphatic heterocycles. The summed E-state index contributed by atoms with van der Waals surface area (Å²) in [5, 5.41) is 9.25. The monoisotopic (exact) mass is 396 g/mol. The van der Waals surface area contributed by atoms with Gasteiger partial charge in [-0.2, -0.15) is 5.10 Å². The SMILES string of the molecule is CCSc1nc(N2CCCC2)c2cnn(CCNC(=O)c3ccccc3)c2n1. The summed E-state index contributed by atoms with van der Waals surface area (Å²) in [6, 6.07) is 9.24. The predicted molar refractivity (Wildman–Crippen MR) is 112 cm³/mol. The third kappa shape index (κ3) is 3.96. The molecule has 3 aromatic rings. The Labute approximate surface area is 168 Å². The van der Waals surface area contributed by atoms with Gasteiger partial charge in [-0.05, 0) is 30.7 Å². The van der Waals surface area contributed by atoms with Gasteiger partial charge >= 0.3 is 0 Å². The number of fused-ring (bicyclic) bond motifs is 1. The van der Waals surface area contributed by atoms with E-state index in [2.05, 4.69) is 22.2 Å². The fourth-order valence-corrected chi connectivity index (χ4v) is 3.98. The molecule has 3 heterocycles. The number of carbonyl (C=O) groups excluding carboxylic acids is 1. The van der Waals surface area contributed by atoms with E-state index < -0.39 is 0 Å². The maximum Gasteiger partial charge on any atom is 0.251 e. The van der Waals surface area contributed by atoms with Gasteiger partial charge in [0.25, 0.3) is 5.91 Å². The number of thioether (sulfide) groups is 1. The molecule has 0 atom stereocenters. The van der Waals surface area contributed by atoms with Crippen molar-refractivity contribution in [2.75, 3.05) is 30.3 Å². The van der Waals surface area contributed by atoms with Crippen LogP contribution in [0.4, 0.5) is 5.82 Å². The molecule has 0 bridgehead atoms. The minimum absolute atomic E-state index is 0.0772. The minimum atomic E-state index is -0.0772. The first-order valence-corrected chi connectivity index (χ1v) is 10.7. The highest BCUT2D eigenvalue weighted by Crippen LogP contribution is 2.29. The lowest BCUT2D eigenvalue weighted by atomic mass is 10.2. The van der Waals surface area contributed by atoms with Gasteiger partial charge in [0.15, 0.2) is 10.8 Å². The molecule has 1 aromatic carbocycles. The number of nitrogens with one attached hydrogen (secondary N) is 1. The van der Waals surface area contributed by atoms with Crippen LogP contribution in [0.1, 0.15) is 30.1 Å². The van der Waals surface area contributed by atoms with Gasteiger partial charge in [0.2, 0.25) is 0 Å². The molecule has 0 spiro atoms. The summed E-state index contributed by atoms with van der Waals surface area (Å²) in [4.78, 5) is 24.1. The van der Waals surface area contributed by atoms with Crippen LogP contribution < -0.4 is 10.2 Å². The van der Waals surface area contributed by atoms with Gasteiger partial charge in [0.05, 0.1) is 18.1 Å². The lowest BCUT2D eigenvalue weighted by Gasteiger charge is -2.17. The fraction of sp³-hybridized carbons (Fsp3) is 0.400. The number of benzene rings is 1. The van der Waals surface area contributed by atoms with E-state index in [1.54, 1.807) is 11.8 Å². The molecule has 0 unspecified atom stereocenters. The van der Waals surface area contributed by atoms with Crippen molar-refractivity contribution >= 4 is 34.5 Å². The lowest BCUT2D eigenvalue weighted by Crippen LogP contribution is -2.27. The molecule has 1 amide bonds. The van der Waals surface area contributed by atoms with E-state index in [-0.39, 0.29) is 5.91 Å². The van der Waals surface area contributed by atoms with Gasteiger partial charge in [-0.15, -0.1) is 0 Å². The molecule has 1 fully saturated rings. The Kier molecular flexibility index (Phi) is 5.76.